The predicted molar refractivity (Wildman–Crippen MR) is 130 cm³/mol. The lowest BCUT2D eigenvalue weighted by molar-refractivity contribution is 0.125. The number of halogens is 3. The summed E-state index contributed by atoms with van der Waals surface area (Å²) in [6, 6.07) is 8.26. The molecule has 2 atom stereocenters. The molecule has 0 saturated heterocycles. The van der Waals surface area contributed by atoms with Gasteiger partial charge >= 0.3 is 0 Å². The third kappa shape index (κ3) is 7.90. The minimum atomic E-state index is -3.94. The molecule has 184 valence electrons. The Morgan fingerprint density at radius 3 is 2.03 bits per heavy atom. The van der Waals surface area contributed by atoms with Crippen molar-refractivity contribution >= 4 is 54.5 Å². The van der Waals surface area contributed by atoms with Gasteiger partial charge in [-0.15, -0.1) is 11.6 Å². The Labute approximate surface area is 209 Å². The van der Waals surface area contributed by atoms with Crippen molar-refractivity contribution in [1.82, 2.24) is 0 Å². The first kappa shape index (κ1) is 28.0. The minimum absolute atomic E-state index is 0.0150. The first-order valence-corrected chi connectivity index (χ1v) is 14.5. The zero-order chi connectivity index (χ0) is 24.8. The topological polar surface area (TPSA) is 107 Å². The molecule has 0 aliphatic carbocycles. The lowest BCUT2D eigenvalue weighted by Gasteiger charge is -2.15. The summed E-state index contributed by atoms with van der Waals surface area (Å²) in [7, 11) is -7.34. The molecular weight excluding hydrogens is 535 g/mol. The van der Waals surface area contributed by atoms with Crippen LogP contribution in [0.5, 0.6) is 11.5 Å². The van der Waals surface area contributed by atoms with Crippen LogP contribution < -0.4 is 9.47 Å². The molecule has 2 aromatic carbocycles. The summed E-state index contributed by atoms with van der Waals surface area (Å²) >= 11 is 18.1. The number of benzene rings is 2. The van der Waals surface area contributed by atoms with Crippen molar-refractivity contribution < 1.29 is 31.4 Å². The molecule has 0 aliphatic rings. The second-order valence-corrected chi connectivity index (χ2v) is 12.9. The second-order valence-electron chi connectivity index (χ2n) is 7.43. The summed E-state index contributed by atoms with van der Waals surface area (Å²) in [4.78, 5) is -0.135. The first-order valence-electron chi connectivity index (χ1n) is 9.93. The third-order valence-electron chi connectivity index (χ3n) is 4.52. The van der Waals surface area contributed by atoms with Gasteiger partial charge in [0.25, 0.3) is 0 Å². The molecule has 0 aliphatic heterocycles. The van der Waals surface area contributed by atoms with E-state index >= 15 is 0 Å². The zero-order valence-electron chi connectivity index (χ0n) is 18.0. The standard InChI is InChI=1S/C21H25Cl3O7S2/c1-3-32(26,27)13-15(25)12-31-21-19(23)8-18(9-20(21)24)33(28,29)17-6-4-16(5-7-17)30-11-14(2)10-22/h4-9,14-15,25H,3,10-13H2,1-2H3/t14-,15-/m1/s1. The van der Waals surface area contributed by atoms with Gasteiger partial charge in [0.15, 0.2) is 15.6 Å². The van der Waals surface area contributed by atoms with Crippen molar-refractivity contribution in [1.29, 1.82) is 0 Å². The summed E-state index contributed by atoms with van der Waals surface area (Å²) in [5.74, 6) is 0.465. The highest BCUT2D eigenvalue weighted by molar-refractivity contribution is 7.91. The van der Waals surface area contributed by atoms with E-state index in [1.165, 1.54) is 31.2 Å². The van der Waals surface area contributed by atoms with Gasteiger partial charge in [0.2, 0.25) is 9.84 Å². The van der Waals surface area contributed by atoms with Gasteiger partial charge in [0.1, 0.15) is 18.5 Å². The van der Waals surface area contributed by atoms with Gasteiger partial charge in [0.05, 0.1) is 32.2 Å². The Balaban J connectivity index is 2.17. The van der Waals surface area contributed by atoms with Crippen molar-refractivity contribution in [2.24, 2.45) is 5.92 Å². The van der Waals surface area contributed by atoms with E-state index in [-0.39, 0.29) is 43.9 Å². The molecule has 33 heavy (non-hydrogen) atoms. The number of sulfone groups is 2. The molecule has 0 fully saturated rings. The van der Waals surface area contributed by atoms with Crippen LogP contribution in [0.25, 0.3) is 0 Å². The molecule has 0 amide bonds. The summed E-state index contributed by atoms with van der Waals surface area (Å²) < 4.78 is 60.1. The SMILES string of the molecule is CCS(=O)(=O)C[C@H](O)COc1c(Cl)cc(S(=O)(=O)c2ccc(OC[C@H](C)CCl)cc2)cc1Cl. The Hall–Kier alpha value is -1.23. The maximum Gasteiger partial charge on any atom is 0.206 e. The molecule has 7 nitrogen and oxygen atoms in total. The van der Waals surface area contributed by atoms with E-state index < -0.39 is 31.5 Å². The fraction of sp³-hybridized carbons (Fsp3) is 0.429. The summed E-state index contributed by atoms with van der Waals surface area (Å²) in [5, 5.41) is 9.70. The highest BCUT2D eigenvalue weighted by atomic mass is 35.5. The Kier molecular flexibility index (Phi) is 10.1. The summed E-state index contributed by atoms with van der Waals surface area (Å²) in [6.07, 6.45) is -1.29. The average molecular weight is 560 g/mol. The summed E-state index contributed by atoms with van der Waals surface area (Å²) in [6.45, 7) is 3.43. The van der Waals surface area contributed by atoms with Gasteiger partial charge in [-0.05, 0) is 36.4 Å². The van der Waals surface area contributed by atoms with Crippen LogP contribution in [-0.2, 0) is 19.7 Å². The van der Waals surface area contributed by atoms with Crippen LogP contribution in [0.4, 0.5) is 0 Å². The average Bonchev–Trinajstić information content (AvgIpc) is 2.76. The third-order valence-corrected chi connectivity index (χ3v) is 9.13. The monoisotopic (exact) mass is 558 g/mol. The first-order chi connectivity index (χ1) is 15.4. The number of hydrogen-bond donors (Lipinski definition) is 1. The van der Waals surface area contributed by atoms with Crippen molar-refractivity contribution in [3.63, 3.8) is 0 Å². The highest BCUT2D eigenvalue weighted by Crippen LogP contribution is 2.37. The van der Waals surface area contributed by atoms with Gasteiger partial charge in [-0.1, -0.05) is 37.0 Å². The fourth-order valence-corrected chi connectivity index (χ4v) is 5.65. The van der Waals surface area contributed by atoms with E-state index in [0.717, 1.165) is 0 Å². The van der Waals surface area contributed by atoms with Gasteiger partial charge < -0.3 is 14.6 Å². The van der Waals surface area contributed by atoms with Crippen molar-refractivity contribution in [3.8, 4) is 11.5 Å². The van der Waals surface area contributed by atoms with Crippen molar-refractivity contribution in [2.75, 3.05) is 30.6 Å². The van der Waals surface area contributed by atoms with Crippen LogP contribution >= 0.6 is 34.8 Å². The minimum Gasteiger partial charge on any atom is -0.493 e. The molecule has 0 aromatic heterocycles. The van der Waals surface area contributed by atoms with E-state index in [1.807, 2.05) is 6.92 Å². The van der Waals surface area contributed by atoms with E-state index in [1.54, 1.807) is 12.1 Å². The van der Waals surface area contributed by atoms with Crippen LogP contribution in [0, 0.1) is 5.92 Å². The van der Waals surface area contributed by atoms with E-state index in [2.05, 4.69) is 0 Å². The van der Waals surface area contributed by atoms with Gasteiger partial charge in [0, 0.05) is 17.6 Å². The predicted octanol–water partition coefficient (Wildman–Crippen LogP) is 4.25. The Bertz CT molecular complexity index is 1130. The number of rotatable bonds is 12. The molecule has 0 bridgehead atoms. The van der Waals surface area contributed by atoms with E-state index in [4.69, 9.17) is 44.3 Å². The molecular formula is C21H25Cl3O7S2. The van der Waals surface area contributed by atoms with Crippen LogP contribution in [0.15, 0.2) is 46.2 Å². The van der Waals surface area contributed by atoms with E-state index in [0.29, 0.717) is 18.2 Å². The normalized spacial score (nSPS) is 14.0. The Morgan fingerprint density at radius 2 is 1.52 bits per heavy atom. The largest absolute Gasteiger partial charge is 0.493 e. The fourth-order valence-electron chi connectivity index (χ4n) is 2.60. The molecule has 0 saturated carbocycles. The number of aliphatic hydroxyl groups is 1. The smallest absolute Gasteiger partial charge is 0.206 e. The van der Waals surface area contributed by atoms with E-state index in [9.17, 15) is 21.9 Å². The van der Waals surface area contributed by atoms with Gasteiger partial charge in [-0.2, -0.15) is 0 Å². The van der Waals surface area contributed by atoms with Crippen molar-refractivity contribution in [2.45, 2.75) is 29.7 Å². The molecule has 0 heterocycles. The quantitative estimate of drug-likeness (QED) is 0.387. The molecule has 0 spiro atoms. The number of hydrogen-bond acceptors (Lipinski definition) is 7. The zero-order valence-corrected chi connectivity index (χ0v) is 21.9. The van der Waals surface area contributed by atoms with Crippen LogP contribution in [0.3, 0.4) is 0 Å². The van der Waals surface area contributed by atoms with Gasteiger partial charge in [-0.3, -0.25) is 0 Å². The molecule has 0 radical (unpaired) electrons. The lowest BCUT2D eigenvalue weighted by atomic mass is 10.2. The van der Waals surface area contributed by atoms with Crippen molar-refractivity contribution in [3.05, 3.63) is 46.4 Å². The number of alkyl halides is 1. The number of ether oxygens (including phenoxy) is 2. The molecule has 2 aromatic rings. The lowest BCUT2D eigenvalue weighted by Crippen LogP contribution is -2.28. The van der Waals surface area contributed by atoms with Crippen LogP contribution in [0.2, 0.25) is 10.0 Å². The molecule has 1 N–H and O–H groups in total. The maximum absolute atomic E-state index is 13.0. The van der Waals surface area contributed by atoms with Gasteiger partial charge in [-0.25, -0.2) is 16.8 Å². The van der Waals surface area contributed by atoms with Crippen LogP contribution in [0.1, 0.15) is 13.8 Å². The highest BCUT2D eigenvalue weighted by Gasteiger charge is 2.23. The number of aliphatic hydroxyl groups excluding tert-OH is 1. The maximum atomic E-state index is 13.0. The van der Waals surface area contributed by atoms with Crippen LogP contribution in [-0.4, -0.2) is 58.6 Å². The molecule has 2 rings (SSSR count). The Morgan fingerprint density at radius 1 is 0.939 bits per heavy atom. The molecule has 0 unspecified atom stereocenters. The summed E-state index contributed by atoms with van der Waals surface area (Å²) in [5.41, 5.74) is 0. The second kappa shape index (κ2) is 12.0. The molecule has 12 heteroatoms.